The van der Waals surface area contributed by atoms with Gasteiger partial charge in [0.1, 0.15) is 0 Å². The van der Waals surface area contributed by atoms with E-state index in [1.165, 1.54) is 98.4 Å². The third kappa shape index (κ3) is 3.96. The predicted octanol–water partition coefficient (Wildman–Crippen LogP) is 13.0. The third-order valence-corrected chi connectivity index (χ3v) is 10.6. The molecule has 9 aromatic carbocycles. The largest absolute Gasteiger partial charge is 0.309 e. The molecule has 0 fully saturated rings. The van der Waals surface area contributed by atoms with E-state index in [-0.39, 0.29) is 0 Å². The molecule has 11 aromatic rings. The Bertz CT molecular complexity index is 3160. The third-order valence-electron chi connectivity index (χ3n) is 10.6. The molecule has 0 saturated carbocycles. The van der Waals surface area contributed by atoms with Crippen LogP contribution in [0, 0.1) is 0 Å². The van der Waals surface area contributed by atoms with Crippen LogP contribution in [-0.4, -0.2) is 9.13 Å². The lowest BCUT2D eigenvalue weighted by Crippen LogP contribution is -1.95. The highest BCUT2D eigenvalue weighted by Gasteiger charge is 2.21. The van der Waals surface area contributed by atoms with Crippen molar-refractivity contribution in [2.24, 2.45) is 0 Å². The number of hydrogen-bond acceptors (Lipinski definition) is 0. The summed E-state index contributed by atoms with van der Waals surface area (Å²) in [6.45, 7) is 0. The Morgan fingerprint density at radius 2 is 0.680 bits per heavy atom. The van der Waals surface area contributed by atoms with Crippen LogP contribution in [0.5, 0.6) is 0 Å². The fraction of sp³-hybridized carbons (Fsp3) is 0. The van der Waals surface area contributed by atoms with Gasteiger partial charge in [0.25, 0.3) is 0 Å². The van der Waals surface area contributed by atoms with Crippen LogP contribution in [0.4, 0.5) is 0 Å². The smallest absolute Gasteiger partial charge is 0.0548 e. The van der Waals surface area contributed by atoms with Gasteiger partial charge in [-0.3, -0.25) is 0 Å². The van der Waals surface area contributed by atoms with Crippen molar-refractivity contribution in [3.8, 4) is 22.5 Å². The number of fused-ring (bicyclic) bond motifs is 10. The minimum atomic E-state index is 1.17. The molecule has 2 heterocycles. The lowest BCUT2D eigenvalue weighted by atomic mass is 9.98. The van der Waals surface area contributed by atoms with Gasteiger partial charge in [-0.1, -0.05) is 121 Å². The Morgan fingerprint density at radius 3 is 1.30 bits per heavy atom. The van der Waals surface area contributed by atoms with E-state index >= 15 is 0 Å². The van der Waals surface area contributed by atoms with Gasteiger partial charge in [0.2, 0.25) is 0 Å². The molecule has 0 atom stereocenters. The fourth-order valence-electron chi connectivity index (χ4n) is 8.31. The highest BCUT2D eigenvalue weighted by atomic mass is 15.0. The number of nitrogens with zero attached hydrogens (tertiary/aromatic N) is 2. The maximum Gasteiger partial charge on any atom is 0.0548 e. The van der Waals surface area contributed by atoms with Crippen molar-refractivity contribution in [1.29, 1.82) is 0 Å². The van der Waals surface area contributed by atoms with Crippen LogP contribution in [0.25, 0.3) is 98.4 Å². The minimum absolute atomic E-state index is 1.17. The van der Waals surface area contributed by atoms with Gasteiger partial charge in [0.15, 0.2) is 0 Å². The van der Waals surface area contributed by atoms with E-state index < -0.39 is 0 Å². The van der Waals surface area contributed by atoms with Crippen molar-refractivity contribution in [2.75, 3.05) is 0 Å². The topological polar surface area (TPSA) is 9.86 Å². The molecule has 2 nitrogen and oxygen atoms in total. The summed E-state index contributed by atoms with van der Waals surface area (Å²) in [5.41, 5.74) is 9.61. The lowest BCUT2D eigenvalue weighted by molar-refractivity contribution is 1.18. The summed E-state index contributed by atoms with van der Waals surface area (Å²) < 4.78 is 4.91. The summed E-state index contributed by atoms with van der Waals surface area (Å²) in [6, 6.07) is 66.9. The van der Waals surface area contributed by atoms with Crippen molar-refractivity contribution in [1.82, 2.24) is 9.13 Å². The molecule has 0 N–H and O–H groups in total. The van der Waals surface area contributed by atoms with E-state index in [4.69, 9.17) is 0 Å². The standard InChI is InChI=1S/C48H30N2/c1-4-12-34-27-37(18-17-31(34)9-1)38-21-24-44-42(30-38)48-46(50(44)40-23-20-33-11-3-6-14-36(33)29-40)26-25-45-47(48)41-15-7-8-16-43(41)49(45)39-22-19-32-10-2-5-13-35(32)28-39/h1-30H. The van der Waals surface area contributed by atoms with Crippen LogP contribution in [0.3, 0.4) is 0 Å². The Balaban J connectivity index is 1.27. The summed E-state index contributed by atoms with van der Waals surface area (Å²) >= 11 is 0. The molecule has 0 radical (unpaired) electrons. The van der Waals surface area contributed by atoms with Gasteiger partial charge in [-0.15, -0.1) is 0 Å². The van der Waals surface area contributed by atoms with Gasteiger partial charge in [0.05, 0.1) is 22.1 Å². The van der Waals surface area contributed by atoms with Crippen molar-refractivity contribution in [3.05, 3.63) is 182 Å². The fourth-order valence-corrected chi connectivity index (χ4v) is 8.31. The summed E-state index contributed by atoms with van der Waals surface area (Å²) in [5, 5.41) is 12.6. The van der Waals surface area contributed by atoms with Crippen LogP contribution in [0.15, 0.2) is 182 Å². The highest BCUT2D eigenvalue weighted by molar-refractivity contribution is 6.29. The van der Waals surface area contributed by atoms with Gasteiger partial charge < -0.3 is 9.13 Å². The van der Waals surface area contributed by atoms with Crippen LogP contribution in [0.2, 0.25) is 0 Å². The van der Waals surface area contributed by atoms with Gasteiger partial charge >= 0.3 is 0 Å². The molecule has 2 heteroatoms. The molecule has 0 aliphatic carbocycles. The Hall–Kier alpha value is -6.64. The SMILES string of the molecule is c1ccc2cc(-c3ccc4c(c3)c3c5c6ccccc6n(-c6ccc7ccccc7c6)c5ccc3n4-c3ccc4ccccc4c3)ccc2c1. The van der Waals surface area contributed by atoms with E-state index in [1.54, 1.807) is 0 Å². The lowest BCUT2D eigenvalue weighted by Gasteiger charge is -2.11. The monoisotopic (exact) mass is 634 g/mol. The highest BCUT2D eigenvalue weighted by Crippen LogP contribution is 2.44. The van der Waals surface area contributed by atoms with E-state index in [1.807, 2.05) is 0 Å². The quantitative estimate of drug-likeness (QED) is 0.183. The number of benzene rings is 9. The normalized spacial score (nSPS) is 12.0. The molecule has 11 rings (SSSR count). The molecule has 232 valence electrons. The van der Waals surface area contributed by atoms with Crippen molar-refractivity contribution in [2.45, 2.75) is 0 Å². The molecule has 0 unspecified atom stereocenters. The first kappa shape index (κ1) is 27.3. The zero-order valence-electron chi connectivity index (χ0n) is 27.2. The molecule has 0 aliphatic rings. The molecule has 0 bridgehead atoms. The van der Waals surface area contributed by atoms with E-state index in [2.05, 4.69) is 191 Å². The summed E-state index contributed by atoms with van der Waals surface area (Å²) in [6.07, 6.45) is 0. The molecule has 0 saturated heterocycles. The van der Waals surface area contributed by atoms with Gasteiger partial charge in [0, 0.05) is 32.9 Å². The van der Waals surface area contributed by atoms with Crippen molar-refractivity contribution >= 4 is 75.9 Å². The molecular formula is C48H30N2. The average Bonchev–Trinajstić information content (AvgIpc) is 3.69. The number of para-hydroxylation sites is 1. The average molecular weight is 635 g/mol. The van der Waals surface area contributed by atoms with Crippen LogP contribution in [-0.2, 0) is 0 Å². The van der Waals surface area contributed by atoms with Crippen molar-refractivity contribution < 1.29 is 0 Å². The Kier molecular flexibility index (Phi) is 5.70. The molecular weight excluding hydrogens is 605 g/mol. The Morgan fingerprint density at radius 1 is 0.260 bits per heavy atom. The molecule has 0 spiro atoms. The maximum absolute atomic E-state index is 2.46. The number of aromatic nitrogens is 2. The zero-order valence-corrected chi connectivity index (χ0v) is 27.2. The number of rotatable bonds is 3. The van der Waals surface area contributed by atoms with Crippen LogP contribution >= 0.6 is 0 Å². The first-order valence-corrected chi connectivity index (χ1v) is 17.3. The summed E-state index contributed by atoms with van der Waals surface area (Å²) in [4.78, 5) is 0. The van der Waals surface area contributed by atoms with E-state index in [9.17, 15) is 0 Å². The predicted molar refractivity (Wildman–Crippen MR) is 213 cm³/mol. The first-order chi connectivity index (χ1) is 24.8. The van der Waals surface area contributed by atoms with Gasteiger partial charge in [-0.05, 0) is 104 Å². The second-order valence-electron chi connectivity index (χ2n) is 13.4. The van der Waals surface area contributed by atoms with Crippen LogP contribution in [0.1, 0.15) is 0 Å². The molecule has 2 aromatic heterocycles. The van der Waals surface area contributed by atoms with E-state index in [0.717, 1.165) is 0 Å². The van der Waals surface area contributed by atoms with Gasteiger partial charge in [-0.25, -0.2) is 0 Å². The van der Waals surface area contributed by atoms with Crippen molar-refractivity contribution in [3.63, 3.8) is 0 Å². The maximum atomic E-state index is 2.46. The van der Waals surface area contributed by atoms with Gasteiger partial charge in [-0.2, -0.15) is 0 Å². The first-order valence-electron chi connectivity index (χ1n) is 17.3. The molecule has 0 amide bonds. The summed E-state index contributed by atoms with van der Waals surface area (Å²) in [5.74, 6) is 0. The van der Waals surface area contributed by atoms with Crippen LogP contribution < -0.4 is 0 Å². The molecule has 0 aliphatic heterocycles. The second kappa shape index (κ2) is 10.4. The Labute approximate surface area is 288 Å². The minimum Gasteiger partial charge on any atom is -0.309 e. The second-order valence-corrected chi connectivity index (χ2v) is 13.4. The number of hydrogen-bond donors (Lipinski definition) is 0. The summed E-state index contributed by atoms with van der Waals surface area (Å²) in [7, 11) is 0. The van der Waals surface area contributed by atoms with E-state index in [0.29, 0.717) is 0 Å². The zero-order chi connectivity index (χ0) is 32.8. The molecule has 50 heavy (non-hydrogen) atoms.